The summed E-state index contributed by atoms with van der Waals surface area (Å²) in [5, 5.41) is 10.7. The van der Waals surface area contributed by atoms with E-state index in [2.05, 4.69) is 9.97 Å². The van der Waals surface area contributed by atoms with Gasteiger partial charge in [-0.3, -0.25) is 14.9 Å². The van der Waals surface area contributed by atoms with Crippen LogP contribution in [0.25, 0.3) is 0 Å². The first-order valence-electron chi connectivity index (χ1n) is 7.64. The number of carbonyl (C=O) groups excluding carboxylic acids is 1. The molecule has 9 nitrogen and oxygen atoms in total. The van der Waals surface area contributed by atoms with E-state index in [0.717, 1.165) is 0 Å². The number of amides is 1. The third-order valence-corrected chi connectivity index (χ3v) is 3.86. The van der Waals surface area contributed by atoms with E-state index in [0.29, 0.717) is 36.8 Å². The number of likely N-dealkylation sites (tertiary alicyclic amines) is 1. The van der Waals surface area contributed by atoms with E-state index in [1.165, 1.54) is 43.8 Å². The molecule has 9 heteroatoms. The number of methoxy groups -OCH3 is 1. The van der Waals surface area contributed by atoms with Crippen molar-refractivity contribution in [2.24, 2.45) is 0 Å². The molecule has 1 aliphatic heterocycles. The van der Waals surface area contributed by atoms with Gasteiger partial charge in [0.15, 0.2) is 0 Å². The minimum Gasteiger partial charge on any atom is -0.477 e. The van der Waals surface area contributed by atoms with Gasteiger partial charge in [-0.15, -0.1) is 0 Å². The van der Waals surface area contributed by atoms with Gasteiger partial charge in [-0.25, -0.2) is 9.97 Å². The number of nitro groups is 1. The number of hydrogen-bond acceptors (Lipinski definition) is 7. The van der Waals surface area contributed by atoms with Crippen molar-refractivity contribution in [2.75, 3.05) is 20.2 Å². The molecule has 1 saturated heterocycles. The van der Waals surface area contributed by atoms with Crippen LogP contribution in [0.15, 0.2) is 36.7 Å². The topological polar surface area (TPSA) is 108 Å². The van der Waals surface area contributed by atoms with Gasteiger partial charge < -0.3 is 14.4 Å². The molecule has 0 spiro atoms. The van der Waals surface area contributed by atoms with Crippen molar-refractivity contribution in [3.05, 3.63) is 52.3 Å². The highest BCUT2D eigenvalue weighted by atomic mass is 16.6. The van der Waals surface area contributed by atoms with Gasteiger partial charge in [-0.2, -0.15) is 0 Å². The summed E-state index contributed by atoms with van der Waals surface area (Å²) in [6, 6.07) is 5.56. The summed E-state index contributed by atoms with van der Waals surface area (Å²) in [4.78, 5) is 32.4. The number of nitrogens with zero attached hydrogens (tertiary/aromatic N) is 4. The van der Waals surface area contributed by atoms with Gasteiger partial charge in [0.25, 0.3) is 23.4 Å². The van der Waals surface area contributed by atoms with Crippen LogP contribution in [0.1, 0.15) is 16.8 Å². The van der Waals surface area contributed by atoms with Gasteiger partial charge in [-0.05, 0) is 12.1 Å². The zero-order chi connectivity index (χ0) is 17.8. The fourth-order valence-corrected chi connectivity index (χ4v) is 2.61. The van der Waals surface area contributed by atoms with Gasteiger partial charge in [0.2, 0.25) is 0 Å². The number of carbonyl (C=O) groups is 1. The molecule has 25 heavy (non-hydrogen) atoms. The highest BCUT2D eigenvalue weighted by Gasteiger charge is 2.29. The Labute approximate surface area is 143 Å². The molecule has 2 aromatic rings. The first-order chi connectivity index (χ1) is 12.1. The molecular weight excluding hydrogens is 328 g/mol. The molecule has 0 aliphatic carbocycles. The highest BCUT2D eigenvalue weighted by molar-refractivity contribution is 5.94. The molecule has 0 radical (unpaired) electrons. The Balaban J connectivity index is 1.64. The lowest BCUT2D eigenvalue weighted by molar-refractivity contribution is -0.384. The highest BCUT2D eigenvalue weighted by Crippen LogP contribution is 2.24. The summed E-state index contributed by atoms with van der Waals surface area (Å²) in [5.74, 6) is 0.398. The Morgan fingerprint density at radius 2 is 1.92 bits per heavy atom. The first-order valence-corrected chi connectivity index (χ1v) is 7.64. The zero-order valence-electron chi connectivity index (χ0n) is 13.5. The second-order valence-corrected chi connectivity index (χ2v) is 5.45. The van der Waals surface area contributed by atoms with E-state index in [1.54, 1.807) is 4.90 Å². The summed E-state index contributed by atoms with van der Waals surface area (Å²) in [5.41, 5.74) is 0.359. The average molecular weight is 344 g/mol. The van der Waals surface area contributed by atoms with E-state index >= 15 is 0 Å². The third-order valence-electron chi connectivity index (χ3n) is 3.86. The van der Waals surface area contributed by atoms with E-state index in [9.17, 15) is 14.9 Å². The lowest BCUT2D eigenvalue weighted by Gasteiger charge is -2.17. The van der Waals surface area contributed by atoms with Crippen molar-refractivity contribution in [1.29, 1.82) is 0 Å². The maximum Gasteiger partial charge on any atom is 0.278 e. The minimum atomic E-state index is -0.498. The number of nitro benzene ring substituents is 1. The molecule has 1 unspecified atom stereocenters. The van der Waals surface area contributed by atoms with Crippen molar-refractivity contribution in [2.45, 2.75) is 12.5 Å². The first kappa shape index (κ1) is 16.6. The van der Waals surface area contributed by atoms with Crippen molar-refractivity contribution < 1.29 is 19.2 Å². The van der Waals surface area contributed by atoms with E-state index < -0.39 is 4.92 Å². The second-order valence-electron chi connectivity index (χ2n) is 5.45. The Bertz CT molecular complexity index is 780. The van der Waals surface area contributed by atoms with Crippen LogP contribution in [0.5, 0.6) is 11.8 Å². The van der Waals surface area contributed by atoms with Crippen LogP contribution in [-0.4, -0.2) is 52.0 Å². The summed E-state index contributed by atoms with van der Waals surface area (Å²) in [7, 11) is 1.48. The quantitative estimate of drug-likeness (QED) is 0.600. The minimum absolute atomic E-state index is 0.0473. The Hall–Kier alpha value is -3.23. The van der Waals surface area contributed by atoms with Crippen molar-refractivity contribution >= 4 is 11.6 Å². The van der Waals surface area contributed by atoms with E-state index in [4.69, 9.17) is 9.47 Å². The van der Waals surface area contributed by atoms with Crippen LogP contribution >= 0.6 is 0 Å². The third kappa shape index (κ3) is 3.65. The summed E-state index contributed by atoms with van der Waals surface area (Å²) in [6.45, 7) is 0.929. The normalized spacial score (nSPS) is 16.5. The Kier molecular flexibility index (Phi) is 4.73. The fraction of sp³-hybridized carbons (Fsp3) is 0.312. The largest absolute Gasteiger partial charge is 0.477 e. The maximum atomic E-state index is 12.5. The molecule has 1 aromatic heterocycles. The molecule has 0 saturated carbocycles. The zero-order valence-corrected chi connectivity index (χ0v) is 13.5. The monoisotopic (exact) mass is 344 g/mol. The van der Waals surface area contributed by atoms with Crippen LogP contribution in [0.3, 0.4) is 0 Å². The maximum absolute atomic E-state index is 12.5. The molecule has 3 rings (SSSR count). The predicted octanol–water partition coefficient (Wildman–Crippen LogP) is 1.69. The lowest BCUT2D eigenvalue weighted by Crippen LogP contribution is -2.31. The van der Waals surface area contributed by atoms with E-state index in [-0.39, 0.29) is 17.7 Å². The van der Waals surface area contributed by atoms with Crippen molar-refractivity contribution in [1.82, 2.24) is 14.9 Å². The molecular formula is C16H16N4O5. The predicted molar refractivity (Wildman–Crippen MR) is 86.6 cm³/mol. The molecule has 0 bridgehead atoms. The van der Waals surface area contributed by atoms with Crippen LogP contribution < -0.4 is 9.47 Å². The number of aromatic nitrogens is 2. The van der Waals surface area contributed by atoms with Crippen LogP contribution in [0.2, 0.25) is 0 Å². The van der Waals surface area contributed by atoms with Gasteiger partial charge in [0.05, 0.1) is 18.6 Å². The standard InChI is InChI=1S/C16H16N4O5/c1-24-14-15(18-8-7-17-14)25-13-6-9-19(10-13)16(21)11-2-4-12(5-3-11)20(22)23/h2-5,7-8,13H,6,9-10H2,1H3. The van der Waals surface area contributed by atoms with Gasteiger partial charge in [0.1, 0.15) is 6.10 Å². The van der Waals surface area contributed by atoms with Crippen molar-refractivity contribution in [3.63, 3.8) is 0 Å². The van der Waals surface area contributed by atoms with Crippen LogP contribution in [0.4, 0.5) is 5.69 Å². The molecule has 1 amide bonds. The Morgan fingerprint density at radius 3 is 2.56 bits per heavy atom. The van der Waals surface area contributed by atoms with Crippen LogP contribution in [0, 0.1) is 10.1 Å². The second kappa shape index (κ2) is 7.12. The molecule has 1 atom stereocenters. The van der Waals surface area contributed by atoms with Crippen LogP contribution in [-0.2, 0) is 0 Å². The Morgan fingerprint density at radius 1 is 1.24 bits per heavy atom. The average Bonchev–Trinajstić information content (AvgIpc) is 3.10. The smallest absolute Gasteiger partial charge is 0.278 e. The molecule has 0 N–H and O–H groups in total. The summed E-state index contributed by atoms with van der Waals surface area (Å²) in [6.07, 6.45) is 3.45. The molecule has 2 heterocycles. The fourth-order valence-electron chi connectivity index (χ4n) is 2.61. The number of benzene rings is 1. The van der Waals surface area contributed by atoms with Gasteiger partial charge in [0, 0.05) is 43.1 Å². The molecule has 130 valence electrons. The number of non-ortho nitro benzene ring substituents is 1. The lowest BCUT2D eigenvalue weighted by atomic mass is 10.2. The molecule has 1 fully saturated rings. The van der Waals surface area contributed by atoms with Gasteiger partial charge in [-0.1, -0.05) is 0 Å². The van der Waals surface area contributed by atoms with E-state index in [1.807, 2.05) is 0 Å². The number of rotatable bonds is 5. The van der Waals surface area contributed by atoms with Gasteiger partial charge >= 0.3 is 0 Å². The number of ether oxygens (including phenoxy) is 2. The molecule has 1 aromatic carbocycles. The van der Waals surface area contributed by atoms with Crippen molar-refractivity contribution in [3.8, 4) is 11.8 Å². The summed E-state index contributed by atoms with van der Waals surface area (Å²) >= 11 is 0. The SMILES string of the molecule is COc1nccnc1OC1CCN(C(=O)c2ccc([N+](=O)[O-])cc2)C1. The molecule has 1 aliphatic rings. The number of hydrogen-bond donors (Lipinski definition) is 0. The summed E-state index contributed by atoms with van der Waals surface area (Å²) < 4.78 is 10.9.